The van der Waals surface area contributed by atoms with Crippen LogP contribution in [0.15, 0.2) is 30.3 Å². The van der Waals surface area contributed by atoms with Crippen LogP contribution in [0.25, 0.3) is 0 Å². The lowest BCUT2D eigenvalue weighted by molar-refractivity contribution is 0.106. The van der Waals surface area contributed by atoms with Gasteiger partial charge >= 0.3 is 0 Å². The van der Waals surface area contributed by atoms with Crippen LogP contribution in [0.1, 0.15) is 26.3 Å². The summed E-state index contributed by atoms with van der Waals surface area (Å²) < 4.78 is 0. The molecule has 0 heterocycles. The van der Waals surface area contributed by atoms with Crippen molar-refractivity contribution in [2.75, 3.05) is 0 Å². The molecule has 0 fully saturated rings. The Morgan fingerprint density at radius 2 is 1.79 bits per heavy atom. The van der Waals surface area contributed by atoms with E-state index in [4.69, 9.17) is 0 Å². The van der Waals surface area contributed by atoms with Crippen LogP contribution < -0.4 is 5.32 Å². The highest BCUT2D eigenvalue weighted by Crippen LogP contribution is 2.05. The van der Waals surface area contributed by atoms with Crippen molar-refractivity contribution < 1.29 is 5.11 Å². The van der Waals surface area contributed by atoms with Gasteiger partial charge in [0.2, 0.25) is 0 Å². The summed E-state index contributed by atoms with van der Waals surface area (Å²) in [6.07, 6.45) is 0.176. The van der Waals surface area contributed by atoms with Gasteiger partial charge in [0.05, 0.1) is 0 Å². The number of aliphatic hydroxyl groups is 1. The van der Waals surface area contributed by atoms with Gasteiger partial charge in [-0.25, -0.2) is 0 Å². The van der Waals surface area contributed by atoms with Crippen LogP contribution in [-0.2, 0) is 6.42 Å². The molecule has 0 bridgehead atoms. The standard InChI is InChI=1S/C12H19NO/c1-12(2,3)13-11(14)9-10-7-5-4-6-8-10/h4-8,11,13-14H,9H2,1-3H3. The summed E-state index contributed by atoms with van der Waals surface area (Å²) in [5, 5.41) is 12.9. The molecule has 0 radical (unpaired) electrons. The van der Waals surface area contributed by atoms with Crippen molar-refractivity contribution in [2.45, 2.75) is 39.0 Å². The second kappa shape index (κ2) is 4.58. The monoisotopic (exact) mass is 193 g/mol. The van der Waals surface area contributed by atoms with Gasteiger partial charge in [-0.15, -0.1) is 0 Å². The number of nitrogens with one attached hydrogen (secondary N) is 1. The summed E-state index contributed by atoms with van der Waals surface area (Å²) in [5.74, 6) is 0. The Hall–Kier alpha value is -0.860. The van der Waals surface area contributed by atoms with Crippen LogP contribution in [0, 0.1) is 0 Å². The van der Waals surface area contributed by atoms with Gasteiger partial charge in [0, 0.05) is 12.0 Å². The van der Waals surface area contributed by atoms with E-state index in [9.17, 15) is 5.11 Å². The SMILES string of the molecule is CC(C)(C)NC(O)Cc1ccccc1. The molecule has 0 amide bonds. The first kappa shape index (κ1) is 11.2. The van der Waals surface area contributed by atoms with Crippen molar-refractivity contribution in [1.29, 1.82) is 0 Å². The highest BCUT2D eigenvalue weighted by Gasteiger charge is 2.14. The Morgan fingerprint density at radius 1 is 1.21 bits per heavy atom. The van der Waals surface area contributed by atoms with Gasteiger partial charge in [-0.3, -0.25) is 5.32 Å². The average Bonchev–Trinajstić information content (AvgIpc) is 2.02. The van der Waals surface area contributed by atoms with Crippen molar-refractivity contribution in [3.05, 3.63) is 35.9 Å². The van der Waals surface area contributed by atoms with Gasteiger partial charge < -0.3 is 5.11 Å². The molecule has 0 aliphatic heterocycles. The molecule has 2 heteroatoms. The third-order valence-corrected chi connectivity index (χ3v) is 1.87. The lowest BCUT2D eigenvalue weighted by Crippen LogP contribution is -2.44. The van der Waals surface area contributed by atoms with Crippen LogP contribution in [0.2, 0.25) is 0 Å². The number of hydrogen-bond donors (Lipinski definition) is 2. The maximum Gasteiger partial charge on any atom is 0.109 e. The fourth-order valence-corrected chi connectivity index (χ4v) is 1.39. The minimum Gasteiger partial charge on any atom is -0.378 e. The molecule has 14 heavy (non-hydrogen) atoms. The third kappa shape index (κ3) is 4.40. The summed E-state index contributed by atoms with van der Waals surface area (Å²) in [6, 6.07) is 9.99. The van der Waals surface area contributed by atoms with E-state index < -0.39 is 6.23 Å². The Labute approximate surface area is 86.0 Å². The molecule has 0 aliphatic rings. The molecule has 0 saturated heterocycles. The van der Waals surface area contributed by atoms with Gasteiger partial charge in [-0.05, 0) is 26.3 Å². The zero-order valence-electron chi connectivity index (χ0n) is 9.12. The van der Waals surface area contributed by atoms with E-state index in [0.717, 1.165) is 5.56 Å². The second-order valence-corrected chi connectivity index (χ2v) is 4.60. The quantitative estimate of drug-likeness (QED) is 0.719. The predicted molar refractivity (Wildman–Crippen MR) is 59.0 cm³/mol. The first-order chi connectivity index (χ1) is 6.47. The molecule has 1 aromatic carbocycles. The largest absolute Gasteiger partial charge is 0.378 e. The zero-order valence-corrected chi connectivity index (χ0v) is 9.12. The summed E-state index contributed by atoms with van der Waals surface area (Å²) in [7, 11) is 0. The van der Waals surface area contributed by atoms with Gasteiger partial charge in [0.15, 0.2) is 0 Å². The highest BCUT2D eigenvalue weighted by molar-refractivity contribution is 5.15. The number of benzene rings is 1. The average molecular weight is 193 g/mol. The van der Waals surface area contributed by atoms with E-state index in [1.807, 2.05) is 51.1 Å². The minimum absolute atomic E-state index is 0.0474. The first-order valence-electron chi connectivity index (χ1n) is 4.97. The molecule has 1 atom stereocenters. The molecule has 2 nitrogen and oxygen atoms in total. The first-order valence-corrected chi connectivity index (χ1v) is 4.97. The van der Waals surface area contributed by atoms with Gasteiger partial charge in [-0.1, -0.05) is 30.3 Å². The Bertz CT molecular complexity index is 263. The molecule has 78 valence electrons. The summed E-state index contributed by atoms with van der Waals surface area (Å²) in [5.41, 5.74) is 1.10. The van der Waals surface area contributed by atoms with Crippen molar-refractivity contribution in [3.8, 4) is 0 Å². The fraction of sp³-hybridized carbons (Fsp3) is 0.500. The Kier molecular flexibility index (Phi) is 3.67. The summed E-state index contributed by atoms with van der Waals surface area (Å²) >= 11 is 0. The van der Waals surface area contributed by atoms with Crippen LogP contribution in [0.4, 0.5) is 0 Å². The van der Waals surface area contributed by atoms with Crippen molar-refractivity contribution >= 4 is 0 Å². The number of aliphatic hydroxyl groups excluding tert-OH is 1. The normalized spacial score (nSPS) is 14.0. The lowest BCUT2D eigenvalue weighted by atomic mass is 10.1. The Balaban J connectivity index is 2.46. The smallest absolute Gasteiger partial charge is 0.109 e. The van der Waals surface area contributed by atoms with Crippen LogP contribution in [0.3, 0.4) is 0 Å². The fourth-order valence-electron chi connectivity index (χ4n) is 1.39. The molecule has 0 aliphatic carbocycles. The predicted octanol–water partition coefficient (Wildman–Crippen LogP) is 1.94. The van der Waals surface area contributed by atoms with E-state index in [1.165, 1.54) is 0 Å². The van der Waals surface area contributed by atoms with Gasteiger partial charge in [-0.2, -0.15) is 0 Å². The van der Waals surface area contributed by atoms with E-state index in [-0.39, 0.29) is 5.54 Å². The number of hydrogen-bond acceptors (Lipinski definition) is 2. The second-order valence-electron chi connectivity index (χ2n) is 4.60. The summed E-state index contributed by atoms with van der Waals surface area (Å²) in [4.78, 5) is 0. The van der Waals surface area contributed by atoms with Crippen LogP contribution >= 0.6 is 0 Å². The Morgan fingerprint density at radius 3 is 2.29 bits per heavy atom. The van der Waals surface area contributed by atoms with Crippen LogP contribution in [-0.4, -0.2) is 16.9 Å². The van der Waals surface area contributed by atoms with E-state index >= 15 is 0 Å². The molecule has 0 aromatic heterocycles. The van der Waals surface area contributed by atoms with E-state index in [0.29, 0.717) is 6.42 Å². The van der Waals surface area contributed by atoms with Crippen molar-refractivity contribution in [2.24, 2.45) is 0 Å². The molecular formula is C12H19NO. The van der Waals surface area contributed by atoms with Crippen molar-refractivity contribution in [1.82, 2.24) is 5.32 Å². The zero-order chi connectivity index (χ0) is 10.6. The maximum absolute atomic E-state index is 9.73. The van der Waals surface area contributed by atoms with E-state index in [1.54, 1.807) is 0 Å². The van der Waals surface area contributed by atoms with Crippen molar-refractivity contribution in [3.63, 3.8) is 0 Å². The molecule has 1 rings (SSSR count). The highest BCUT2D eigenvalue weighted by atomic mass is 16.3. The maximum atomic E-state index is 9.73. The minimum atomic E-state index is -0.475. The molecule has 0 saturated carbocycles. The molecule has 1 aromatic rings. The molecular weight excluding hydrogens is 174 g/mol. The van der Waals surface area contributed by atoms with Gasteiger partial charge in [0.25, 0.3) is 0 Å². The molecule has 1 unspecified atom stereocenters. The molecule has 2 N–H and O–H groups in total. The lowest BCUT2D eigenvalue weighted by Gasteiger charge is -2.25. The van der Waals surface area contributed by atoms with Crippen LogP contribution in [0.5, 0.6) is 0 Å². The topological polar surface area (TPSA) is 32.3 Å². The van der Waals surface area contributed by atoms with E-state index in [2.05, 4.69) is 5.32 Å². The number of rotatable bonds is 3. The summed E-state index contributed by atoms with van der Waals surface area (Å²) in [6.45, 7) is 6.13. The molecule has 0 spiro atoms. The van der Waals surface area contributed by atoms with Gasteiger partial charge in [0.1, 0.15) is 6.23 Å². The third-order valence-electron chi connectivity index (χ3n) is 1.87.